The summed E-state index contributed by atoms with van der Waals surface area (Å²) in [6.45, 7) is 0. The molecule has 0 aromatic heterocycles. The van der Waals surface area contributed by atoms with Crippen LogP contribution in [0.4, 0.5) is 0 Å². The van der Waals surface area contributed by atoms with Crippen LogP contribution in [0.25, 0.3) is 0 Å². The molecule has 0 saturated carbocycles. The van der Waals surface area contributed by atoms with Crippen molar-refractivity contribution in [1.29, 1.82) is 0 Å². The fraction of sp³-hybridized carbons (Fsp3) is 0.615. The van der Waals surface area contributed by atoms with Crippen molar-refractivity contribution in [3.63, 3.8) is 0 Å². The molecular weight excluding hydrogens is 347 g/mol. The first kappa shape index (κ1) is 16.8. The topological polar surface area (TPSA) is 26.3 Å². The van der Waals surface area contributed by atoms with E-state index < -0.39 is 5.77 Å². The van der Waals surface area contributed by atoms with Crippen LogP contribution in [-0.4, -0.2) is 27.6 Å². The lowest BCUT2D eigenvalue weighted by Gasteiger charge is -2.24. The van der Waals surface area contributed by atoms with Crippen LogP contribution in [-0.2, 0) is 9.09 Å². The van der Waals surface area contributed by atoms with Gasteiger partial charge in [-0.1, -0.05) is 35.4 Å². The molecule has 2 aliphatic rings. The highest BCUT2D eigenvalue weighted by molar-refractivity contribution is 8.89. The average molecular weight is 363 g/mol. The summed E-state index contributed by atoms with van der Waals surface area (Å²) in [4.78, 5) is 0. The minimum absolute atomic E-state index is 0.0856. The van der Waals surface area contributed by atoms with Crippen molar-refractivity contribution < 1.29 is 9.09 Å². The Morgan fingerprint density at radius 1 is 1.45 bits per heavy atom. The maximum Gasteiger partial charge on any atom is 0.314 e. The Balaban J connectivity index is 1.98. The summed E-state index contributed by atoms with van der Waals surface area (Å²) in [5, 5.41) is 0.261. The van der Waals surface area contributed by atoms with E-state index in [1.807, 2.05) is 0 Å². The largest absolute Gasteiger partial charge is 0.317 e. The molecule has 7 heteroatoms. The van der Waals surface area contributed by atoms with Gasteiger partial charge in [-0.05, 0) is 24.2 Å². The SMILES string of the molecule is C#CC1CC(=S)SC(C#CC2CCSP(=O)(OC)S2)C1. The predicted octanol–water partition coefficient (Wildman–Crippen LogP) is 4.46. The first-order valence-electron chi connectivity index (χ1n) is 6.20. The van der Waals surface area contributed by atoms with E-state index in [2.05, 4.69) is 17.8 Å². The molecule has 2 rings (SSSR count). The van der Waals surface area contributed by atoms with Gasteiger partial charge in [-0.15, -0.1) is 24.1 Å². The number of thiocarbonyl (C=S) groups is 1. The van der Waals surface area contributed by atoms with E-state index in [0.717, 1.165) is 29.2 Å². The summed E-state index contributed by atoms with van der Waals surface area (Å²) in [6.07, 6.45) is 8.15. The highest BCUT2D eigenvalue weighted by atomic mass is 33.1. The number of rotatable bonds is 1. The molecule has 0 aliphatic carbocycles. The number of hydrogen-bond acceptors (Lipinski definition) is 6. The van der Waals surface area contributed by atoms with Crippen LogP contribution < -0.4 is 0 Å². The van der Waals surface area contributed by atoms with Gasteiger partial charge in [0.1, 0.15) is 0 Å². The molecule has 0 N–H and O–H groups in total. The molecule has 20 heavy (non-hydrogen) atoms. The lowest BCUT2D eigenvalue weighted by atomic mass is 10.0. The third-order valence-corrected chi connectivity index (χ3v) is 12.1. The minimum atomic E-state index is -2.58. The van der Waals surface area contributed by atoms with Crippen LogP contribution in [0.5, 0.6) is 0 Å². The smallest absolute Gasteiger partial charge is 0.314 e. The zero-order chi connectivity index (χ0) is 14.6. The average Bonchev–Trinajstić information content (AvgIpc) is 2.45. The van der Waals surface area contributed by atoms with Crippen LogP contribution >= 0.6 is 52.5 Å². The first-order chi connectivity index (χ1) is 9.54. The minimum Gasteiger partial charge on any atom is -0.317 e. The van der Waals surface area contributed by atoms with Crippen LogP contribution in [0.1, 0.15) is 19.3 Å². The van der Waals surface area contributed by atoms with Gasteiger partial charge < -0.3 is 4.52 Å². The molecule has 0 aromatic rings. The summed E-state index contributed by atoms with van der Waals surface area (Å²) >= 11 is 9.71. The molecule has 4 unspecified atom stereocenters. The maximum absolute atomic E-state index is 12.2. The third kappa shape index (κ3) is 4.73. The van der Waals surface area contributed by atoms with Crippen molar-refractivity contribution in [1.82, 2.24) is 0 Å². The molecule has 4 atom stereocenters. The van der Waals surface area contributed by atoms with Gasteiger partial charge in [0.15, 0.2) is 0 Å². The van der Waals surface area contributed by atoms with Gasteiger partial charge in [-0.25, -0.2) is 0 Å². The standard InChI is InChI=1S/C13H15O2PS4/c1-3-10-8-12(19-13(17)9-10)5-4-11-6-7-18-16(14,15-2)20-11/h1,10-12H,6-9H2,2H3. The molecule has 0 bridgehead atoms. The quantitative estimate of drug-likeness (QED) is 0.388. The molecule has 0 radical (unpaired) electrons. The van der Waals surface area contributed by atoms with Gasteiger partial charge in [0.2, 0.25) is 0 Å². The van der Waals surface area contributed by atoms with E-state index in [9.17, 15) is 4.57 Å². The molecule has 2 heterocycles. The van der Waals surface area contributed by atoms with Gasteiger partial charge in [-0.3, -0.25) is 4.57 Å². The highest BCUT2D eigenvalue weighted by Gasteiger charge is 2.32. The monoisotopic (exact) mass is 362 g/mol. The predicted molar refractivity (Wildman–Crippen MR) is 96.4 cm³/mol. The molecule has 2 fully saturated rings. The van der Waals surface area contributed by atoms with Gasteiger partial charge in [0.05, 0.1) is 14.7 Å². The molecular formula is C13H15O2PS4. The Kier molecular flexibility index (Phi) is 6.42. The van der Waals surface area contributed by atoms with Gasteiger partial charge in [0, 0.05) is 25.2 Å². The Morgan fingerprint density at radius 2 is 2.20 bits per heavy atom. The summed E-state index contributed by atoms with van der Waals surface area (Å²) in [5.41, 5.74) is 0. The van der Waals surface area contributed by atoms with Crippen LogP contribution in [0.15, 0.2) is 0 Å². The molecule has 2 nitrogen and oxygen atoms in total. The summed E-state index contributed by atoms with van der Waals surface area (Å²) in [6, 6.07) is 0. The fourth-order valence-corrected chi connectivity index (χ4v) is 10.5. The number of terminal acetylenes is 1. The van der Waals surface area contributed by atoms with E-state index >= 15 is 0 Å². The summed E-state index contributed by atoms with van der Waals surface area (Å²) in [7, 11) is 1.50. The van der Waals surface area contributed by atoms with Crippen LogP contribution in [0.2, 0.25) is 0 Å². The van der Waals surface area contributed by atoms with E-state index in [0.29, 0.717) is 0 Å². The van der Waals surface area contributed by atoms with E-state index in [1.165, 1.54) is 29.9 Å². The highest BCUT2D eigenvalue weighted by Crippen LogP contribution is 2.73. The van der Waals surface area contributed by atoms with Crippen molar-refractivity contribution in [2.45, 2.75) is 29.8 Å². The van der Waals surface area contributed by atoms with Crippen LogP contribution in [0.3, 0.4) is 0 Å². The second kappa shape index (κ2) is 7.63. The van der Waals surface area contributed by atoms with Gasteiger partial charge >= 0.3 is 5.77 Å². The first-order valence-corrected chi connectivity index (χ1v) is 12.2. The van der Waals surface area contributed by atoms with Crippen molar-refractivity contribution in [3.8, 4) is 24.2 Å². The Morgan fingerprint density at radius 3 is 2.90 bits per heavy atom. The lowest BCUT2D eigenvalue weighted by Crippen LogP contribution is -2.19. The second-order valence-electron chi connectivity index (χ2n) is 4.42. The van der Waals surface area contributed by atoms with E-state index in [4.69, 9.17) is 23.2 Å². The maximum atomic E-state index is 12.2. The molecule has 2 saturated heterocycles. The van der Waals surface area contributed by atoms with Gasteiger partial charge in [0.25, 0.3) is 0 Å². The number of hydrogen-bond donors (Lipinski definition) is 0. The fourth-order valence-electron chi connectivity index (χ4n) is 1.90. The third-order valence-electron chi connectivity index (χ3n) is 2.94. The lowest BCUT2D eigenvalue weighted by molar-refractivity contribution is 0.423. The van der Waals surface area contributed by atoms with Crippen LogP contribution in [0, 0.1) is 30.1 Å². The Hall–Kier alpha value is 0.450. The van der Waals surface area contributed by atoms with Crippen molar-refractivity contribution in [2.24, 2.45) is 5.92 Å². The Bertz CT molecular complexity index is 531. The van der Waals surface area contributed by atoms with E-state index in [-0.39, 0.29) is 16.4 Å². The summed E-state index contributed by atoms with van der Waals surface area (Å²) < 4.78 is 18.3. The number of thioether (sulfide) groups is 1. The molecule has 0 amide bonds. The molecule has 108 valence electrons. The zero-order valence-electron chi connectivity index (χ0n) is 11.0. The second-order valence-corrected chi connectivity index (χ2v) is 14.2. The zero-order valence-corrected chi connectivity index (χ0v) is 15.2. The molecule has 2 aliphatic heterocycles. The molecule has 0 spiro atoms. The van der Waals surface area contributed by atoms with E-state index in [1.54, 1.807) is 11.8 Å². The van der Waals surface area contributed by atoms with Crippen molar-refractivity contribution >= 4 is 56.7 Å². The van der Waals surface area contributed by atoms with Crippen molar-refractivity contribution in [2.75, 3.05) is 12.9 Å². The van der Waals surface area contributed by atoms with Crippen molar-refractivity contribution in [3.05, 3.63) is 0 Å². The molecule has 0 aromatic carbocycles. The van der Waals surface area contributed by atoms with Gasteiger partial charge in [-0.2, -0.15) is 0 Å². The Labute approximate surface area is 138 Å². The normalized spacial score (nSPS) is 37.6. The summed E-state index contributed by atoms with van der Waals surface area (Å²) in [5.74, 6) is 7.76.